The number of carbonyl (C=O) groups excluding carboxylic acids is 1. The van der Waals surface area contributed by atoms with Crippen LogP contribution in [0.3, 0.4) is 0 Å². The van der Waals surface area contributed by atoms with E-state index >= 15 is 0 Å². The van der Waals surface area contributed by atoms with Gasteiger partial charge in [0.15, 0.2) is 16.6 Å². The number of H-pyrrole nitrogens is 1. The van der Waals surface area contributed by atoms with Crippen LogP contribution in [0.15, 0.2) is 39.4 Å². The monoisotopic (exact) mass is 386 g/mol. The zero-order valence-electron chi connectivity index (χ0n) is 14.1. The van der Waals surface area contributed by atoms with Crippen molar-refractivity contribution in [3.8, 4) is 11.5 Å². The van der Waals surface area contributed by atoms with Gasteiger partial charge < -0.3 is 14.5 Å². The molecule has 9 nitrogen and oxygen atoms in total. The fourth-order valence-electron chi connectivity index (χ4n) is 2.62. The highest BCUT2D eigenvalue weighted by molar-refractivity contribution is 7.13. The third-order valence-corrected chi connectivity index (χ3v) is 4.80. The summed E-state index contributed by atoms with van der Waals surface area (Å²) >= 11 is 1.25. The summed E-state index contributed by atoms with van der Waals surface area (Å²) in [6.45, 7) is 1.91. The van der Waals surface area contributed by atoms with E-state index < -0.39 is 17.2 Å². The molecule has 2 N–H and O–H groups in total. The highest BCUT2D eigenvalue weighted by Crippen LogP contribution is 2.32. The molecule has 3 aromatic rings. The van der Waals surface area contributed by atoms with Crippen LogP contribution in [0, 0.1) is 6.92 Å². The third kappa shape index (κ3) is 3.34. The van der Waals surface area contributed by atoms with Gasteiger partial charge in [-0.3, -0.25) is 19.5 Å². The van der Waals surface area contributed by atoms with Crippen molar-refractivity contribution in [2.45, 2.75) is 13.5 Å². The van der Waals surface area contributed by atoms with Crippen molar-refractivity contribution in [1.82, 2.24) is 14.5 Å². The van der Waals surface area contributed by atoms with Crippen LogP contribution in [0.2, 0.25) is 0 Å². The molecule has 1 amide bonds. The lowest BCUT2D eigenvalue weighted by Gasteiger charge is -2.08. The molecule has 1 aromatic carbocycles. The van der Waals surface area contributed by atoms with Crippen LogP contribution in [-0.2, 0) is 6.54 Å². The van der Waals surface area contributed by atoms with Crippen molar-refractivity contribution < 1.29 is 14.3 Å². The number of anilines is 1. The van der Waals surface area contributed by atoms with Crippen molar-refractivity contribution in [3.63, 3.8) is 0 Å². The summed E-state index contributed by atoms with van der Waals surface area (Å²) in [5.74, 6) is 0.516. The summed E-state index contributed by atoms with van der Waals surface area (Å²) in [5.41, 5.74) is -0.0540. The molecule has 4 rings (SSSR count). The molecule has 2 aromatic heterocycles. The number of aromatic amines is 1. The van der Waals surface area contributed by atoms with E-state index in [4.69, 9.17) is 9.47 Å². The number of benzene rings is 1. The molecule has 1 aliphatic rings. The Kier molecular flexibility index (Phi) is 4.24. The molecule has 3 heterocycles. The molecule has 0 aliphatic carbocycles. The van der Waals surface area contributed by atoms with Crippen molar-refractivity contribution in [2.75, 3.05) is 12.1 Å². The lowest BCUT2D eigenvalue weighted by atomic mass is 10.2. The fourth-order valence-corrected chi connectivity index (χ4v) is 3.30. The summed E-state index contributed by atoms with van der Waals surface area (Å²) in [6.07, 6.45) is 1.11. The summed E-state index contributed by atoms with van der Waals surface area (Å²) < 4.78 is 11.5. The Balaban J connectivity index is 1.63. The maximum absolute atomic E-state index is 12.7. The van der Waals surface area contributed by atoms with Gasteiger partial charge in [-0.1, -0.05) is 6.07 Å². The number of amides is 1. The minimum atomic E-state index is -0.692. The zero-order valence-corrected chi connectivity index (χ0v) is 15.0. The topological polar surface area (TPSA) is 115 Å². The van der Waals surface area contributed by atoms with E-state index in [2.05, 4.69) is 15.3 Å². The SMILES string of the molecule is Cc1csc(NC(=O)c2c[nH]c(=O)n(Cc3ccc4c(c3)OCO4)c2=O)n1. The minimum absolute atomic E-state index is 0.0116. The smallest absolute Gasteiger partial charge is 0.328 e. The number of thiazole rings is 1. The minimum Gasteiger partial charge on any atom is -0.454 e. The van der Waals surface area contributed by atoms with E-state index in [0.29, 0.717) is 22.2 Å². The Hall–Kier alpha value is -3.40. The van der Waals surface area contributed by atoms with Crippen LogP contribution in [0.4, 0.5) is 5.13 Å². The molecular weight excluding hydrogens is 372 g/mol. The fraction of sp³-hybridized carbons (Fsp3) is 0.176. The zero-order chi connectivity index (χ0) is 19.0. The molecule has 138 valence electrons. The van der Waals surface area contributed by atoms with E-state index in [1.165, 1.54) is 11.3 Å². The van der Waals surface area contributed by atoms with Crippen LogP contribution in [0.1, 0.15) is 21.6 Å². The van der Waals surface area contributed by atoms with E-state index in [9.17, 15) is 14.4 Å². The van der Waals surface area contributed by atoms with Crippen LogP contribution in [0.25, 0.3) is 0 Å². The third-order valence-electron chi connectivity index (χ3n) is 3.92. The van der Waals surface area contributed by atoms with Gasteiger partial charge in [-0.2, -0.15) is 0 Å². The second kappa shape index (κ2) is 6.72. The summed E-state index contributed by atoms with van der Waals surface area (Å²) in [6, 6.07) is 5.13. The first kappa shape index (κ1) is 17.0. The number of nitrogens with zero attached hydrogens (tertiary/aromatic N) is 2. The predicted molar refractivity (Wildman–Crippen MR) is 97.8 cm³/mol. The normalized spacial score (nSPS) is 12.2. The summed E-state index contributed by atoms with van der Waals surface area (Å²) in [7, 11) is 0. The van der Waals surface area contributed by atoms with E-state index in [1.54, 1.807) is 30.5 Å². The molecule has 10 heteroatoms. The Labute approximate surface area is 156 Å². The lowest BCUT2D eigenvalue weighted by Crippen LogP contribution is -2.39. The van der Waals surface area contributed by atoms with Gasteiger partial charge in [0, 0.05) is 11.6 Å². The number of fused-ring (bicyclic) bond motifs is 1. The lowest BCUT2D eigenvalue weighted by molar-refractivity contribution is 0.102. The Morgan fingerprint density at radius 3 is 2.93 bits per heavy atom. The number of rotatable bonds is 4. The van der Waals surface area contributed by atoms with E-state index in [1.807, 2.05) is 0 Å². The van der Waals surface area contributed by atoms with Gasteiger partial charge in [0.2, 0.25) is 6.79 Å². The molecular formula is C17H14N4O5S. The first-order valence-electron chi connectivity index (χ1n) is 7.96. The average Bonchev–Trinajstić information content (AvgIpc) is 3.26. The van der Waals surface area contributed by atoms with E-state index in [-0.39, 0.29) is 18.9 Å². The molecule has 27 heavy (non-hydrogen) atoms. The molecule has 0 saturated heterocycles. The maximum Gasteiger partial charge on any atom is 0.328 e. The van der Waals surface area contributed by atoms with E-state index in [0.717, 1.165) is 16.5 Å². The standard InChI is InChI=1S/C17H14N4O5S/c1-9-7-27-16(19-9)20-14(22)11-5-18-17(24)21(15(11)23)6-10-2-3-12-13(4-10)26-8-25-12/h2-5,7H,6,8H2,1H3,(H,18,24)(H,19,20,22). The molecule has 1 aliphatic heterocycles. The van der Waals surface area contributed by atoms with Gasteiger partial charge in [0.25, 0.3) is 11.5 Å². The van der Waals surface area contributed by atoms with Crippen molar-refractivity contribution in [1.29, 1.82) is 0 Å². The number of ether oxygens (including phenoxy) is 2. The number of aromatic nitrogens is 3. The van der Waals surface area contributed by atoms with Gasteiger partial charge in [0.1, 0.15) is 5.56 Å². The van der Waals surface area contributed by atoms with Gasteiger partial charge in [-0.25, -0.2) is 9.78 Å². The number of carbonyl (C=O) groups is 1. The number of hydrogen-bond acceptors (Lipinski definition) is 7. The van der Waals surface area contributed by atoms with Gasteiger partial charge in [-0.05, 0) is 24.6 Å². The Morgan fingerprint density at radius 1 is 1.33 bits per heavy atom. The van der Waals surface area contributed by atoms with Crippen molar-refractivity contribution in [2.24, 2.45) is 0 Å². The van der Waals surface area contributed by atoms with Crippen LogP contribution in [-0.4, -0.2) is 27.2 Å². The largest absolute Gasteiger partial charge is 0.454 e. The van der Waals surface area contributed by atoms with Crippen molar-refractivity contribution in [3.05, 3.63) is 67.4 Å². The highest BCUT2D eigenvalue weighted by Gasteiger charge is 2.18. The molecule has 0 radical (unpaired) electrons. The second-order valence-corrected chi connectivity index (χ2v) is 6.69. The molecule has 0 fully saturated rings. The van der Waals surface area contributed by atoms with Crippen molar-refractivity contribution >= 4 is 22.4 Å². The second-order valence-electron chi connectivity index (χ2n) is 5.83. The first-order chi connectivity index (χ1) is 13.0. The molecule has 0 saturated carbocycles. The Morgan fingerprint density at radius 2 is 2.15 bits per heavy atom. The molecule has 0 unspecified atom stereocenters. The van der Waals surface area contributed by atoms with Crippen LogP contribution in [0.5, 0.6) is 11.5 Å². The van der Waals surface area contributed by atoms with Gasteiger partial charge in [0.05, 0.1) is 12.2 Å². The number of nitrogens with one attached hydrogen (secondary N) is 2. The Bertz CT molecular complexity index is 1150. The van der Waals surface area contributed by atoms with Crippen LogP contribution >= 0.6 is 11.3 Å². The summed E-state index contributed by atoms with van der Waals surface area (Å²) in [4.78, 5) is 43.7. The van der Waals surface area contributed by atoms with Gasteiger partial charge in [-0.15, -0.1) is 11.3 Å². The summed E-state index contributed by atoms with van der Waals surface area (Å²) in [5, 5.41) is 4.72. The molecule has 0 atom stereocenters. The number of hydrogen-bond donors (Lipinski definition) is 2. The van der Waals surface area contributed by atoms with Gasteiger partial charge >= 0.3 is 5.69 Å². The average molecular weight is 386 g/mol. The molecule has 0 spiro atoms. The quantitative estimate of drug-likeness (QED) is 0.699. The predicted octanol–water partition coefficient (Wildman–Crippen LogP) is 1.33. The highest BCUT2D eigenvalue weighted by atomic mass is 32.1. The maximum atomic E-state index is 12.7. The first-order valence-corrected chi connectivity index (χ1v) is 8.84. The number of aryl methyl sites for hydroxylation is 1. The van der Waals surface area contributed by atoms with Crippen LogP contribution < -0.4 is 26.0 Å². The molecule has 0 bridgehead atoms.